The molecule has 0 aliphatic carbocycles. The zero-order valence-corrected chi connectivity index (χ0v) is 12.1. The molecule has 1 aromatic heterocycles. The maximum absolute atomic E-state index is 12.4. The number of carbonyl (C=O) groups is 1. The summed E-state index contributed by atoms with van der Waals surface area (Å²) in [5.74, 6) is 0.145. The molecule has 21 heavy (non-hydrogen) atoms. The van der Waals surface area contributed by atoms with Crippen LogP contribution in [0, 0.1) is 0 Å². The van der Waals surface area contributed by atoms with Gasteiger partial charge in [0.2, 0.25) is 5.78 Å². The van der Waals surface area contributed by atoms with Crippen LogP contribution in [0.25, 0.3) is 11.0 Å². The monoisotopic (exact) mass is 299 g/mol. The number of para-hydroxylation sites is 1. The Labute approximate surface area is 127 Å². The van der Waals surface area contributed by atoms with Gasteiger partial charge in [0.05, 0.1) is 5.02 Å². The van der Waals surface area contributed by atoms with Gasteiger partial charge in [0.1, 0.15) is 0 Å². The van der Waals surface area contributed by atoms with E-state index < -0.39 is 0 Å². The highest BCUT2D eigenvalue weighted by atomic mass is 35.5. The summed E-state index contributed by atoms with van der Waals surface area (Å²) < 4.78 is 5.59. The average molecular weight is 300 g/mol. The quantitative estimate of drug-likeness (QED) is 0.745. The van der Waals surface area contributed by atoms with Crippen molar-refractivity contribution in [1.29, 1.82) is 0 Å². The summed E-state index contributed by atoms with van der Waals surface area (Å²) in [5.41, 5.74) is 7.76. The van der Waals surface area contributed by atoms with Crippen LogP contribution in [0.5, 0.6) is 0 Å². The summed E-state index contributed by atoms with van der Waals surface area (Å²) in [6.45, 7) is 0.593. The lowest BCUT2D eigenvalue weighted by Crippen LogP contribution is -2.04. The second-order valence-electron chi connectivity index (χ2n) is 4.83. The lowest BCUT2D eigenvalue weighted by atomic mass is 10.0. The first kappa shape index (κ1) is 13.9. The van der Waals surface area contributed by atoms with Crippen LogP contribution in [0.3, 0.4) is 0 Å². The number of nitrogens with two attached hydrogens (primary N) is 1. The fourth-order valence-electron chi connectivity index (χ4n) is 2.27. The standard InChI is InChI=1S/C17H14ClNO2/c18-14-3-1-2-13-10-15(21-17(13)14)16(20)12-6-4-11(5-7-12)8-9-19/h1-7,10H,8-9,19H2. The molecule has 3 rings (SSSR count). The topological polar surface area (TPSA) is 56.2 Å². The number of carbonyl (C=O) groups excluding carboxylic acids is 1. The highest BCUT2D eigenvalue weighted by Gasteiger charge is 2.15. The van der Waals surface area contributed by atoms with E-state index in [4.69, 9.17) is 21.8 Å². The Bertz CT molecular complexity index is 790. The van der Waals surface area contributed by atoms with Crippen molar-refractivity contribution in [2.45, 2.75) is 6.42 Å². The zero-order chi connectivity index (χ0) is 14.8. The van der Waals surface area contributed by atoms with Gasteiger partial charge in [-0.05, 0) is 30.7 Å². The minimum Gasteiger partial charge on any atom is -0.451 e. The van der Waals surface area contributed by atoms with Crippen molar-refractivity contribution >= 4 is 28.4 Å². The van der Waals surface area contributed by atoms with Crippen molar-refractivity contribution in [2.75, 3.05) is 6.54 Å². The molecule has 0 saturated carbocycles. The number of ketones is 1. The summed E-state index contributed by atoms with van der Waals surface area (Å²) in [4.78, 5) is 12.4. The molecule has 0 aliphatic heterocycles. The summed E-state index contributed by atoms with van der Waals surface area (Å²) in [6.07, 6.45) is 0.800. The first-order chi connectivity index (χ1) is 10.2. The molecule has 0 unspecified atom stereocenters. The van der Waals surface area contributed by atoms with Crippen molar-refractivity contribution in [3.05, 3.63) is 70.4 Å². The molecule has 3 nitrogen and oxygen atoms in total. The minimum atomic E-state index is -0.151. The van der Waals surface area contributed by atoms with E-state index in [1.807, 2.05) is 24.3 Å². The molecule has 4 heteroatoms. The van der Waals surface area contributed by atoms with Crippen LogP contribution in [0.15, 0.2) is 52.9 Å². The van der Waals surface area contributed by atoms with E-state index in [0.29, 0.717) is 28.5 Å². The summed E-state index contributed by atoms with van der Waals surface area (Å²) in [6, 6.07) is 14.6. The van der Waals surface area contributed by atoms with E-state index in [1.165, 1.54) is 0 Å². The van der Waals surface area contributed by atoms with Crippen molar-refractivity contribution in [1.82, 2.24) is 0 Å². The predicted octanol–water partition coefficient (Wildman–Crippen LogP) is 3.82. The van der Waals surface area contributed by atoms with E-state index in [1.54, 1.807) is 24.3 Å². The van der Waals surface area contributed by atoms with E-state index >= 15 is 0 Å². The Morgan fingerprint density at radius 2 is 1.90 bits per heavy atom. The first-order valence-corrected chi connectivity index (χ1v) is 7.08. The third-order valence-electron chi connectivity index (χ3n) is 3.37. The molecule has 0 atom stereocenters. The van der Waals surface area contributed by atoms with E-state index in [2.05, 4.69) is 0 Å². The molecule has 0 fully saturated rings. The first-order valence-electron chi connectivity index (χ1n) is 6.71. The Morgan fingerprint density at radius 3 is 2.57 bits per heavy atom. The van der Waals surface area contributed by atoms with Crippen LogP contribution in [-0.2, 0) is 6.42 Å². The van der Waals surface area contributed by atoms with Crippen LogP contribution in [0.4, 0.5) is 0 Å². The van der Waals surface area contributed by atoms with Gasteiger partial charge in [-0.1, -0.05) is 48.0 Å². The van der Waals surface area contributed by atoms with Gasteiger partial charge in [-0.3, -0.25) is 4.79 Å². The Balaban J connectivity index is 1.94. The lowest BCUT2D eigenvalue weighted by molar-refractivity contribution is 0.101. The van der Waals surface area contributed by atoms with Crippen LogP contribution < -0.4 is 5.73 Å². The third-order valence-corrected chi connectivity index (χ3v) is 3.67. The minimum absolute atomic E-state index is 0.151. The van der Waals surface area contributed by atoms with Gasteiger partial charge in [-0.2, -0.15) is 0 Å². The van der Waals surface area contributed by atoms with Gasteiger partial charge >= 0.3 is 0 Å². The second-order valence-corrected chi connectivity index (χ2v) is 5.24. The van der Waals surface area contributed by atoms with E-state index in [0.717, 1.165) is 17.4 Å². The summed E-state index contributed by atoms with van der Waals surface area (Å²) >= 11 is 6.06. The number of hydrogen-bond acceptors (Lipinski definition) is 3. The molecule has 0 amide bonds. The molecule has 2 N–H and O–H groups in total. The van der Waals surface area contributed by atoms with E-state index in [9.17, 15) is 4.79 Å². The van der Waals surface area contributed by atoms with Gasteiger partial charge in [0, 0.05) is 10.9 Å². The number of benzene rings is 2. The van der Waals surface area contributed by atoms with Gasteiger partial charge in [0.25, 0.3) is 0 Å². The number of hydrogen-bond donors (Lipinski definition) is 1. The molecule has 0 aliphatic rings. The number of rotatable bonds is 4. The van der Waals surface area contributed by atoms with Gasteiger partial charge < -0.3 is 10.2 Å². The summed E-state index contributed by atoms with van der Waals surface area (Å²) in [7, 11) is 0. The predicted molar refractivity (Wildman–Crippen MR) is 83.9 cm³/mol. The van der Waals surface area contributed by atoms with Crippen molar-refractivity contribution < 1.29 is 9.21 Å². The smallest absolute Gasteiger partial charge is 0.228 e. The molecule has 1 heterocycles. The zero-order valence-electron chi connectivity index (χ0n) is 11.3. The molecule has 106 valence electrons. The van der Waals surface area contributed by atoms with Crippen molar-refractivity contribution in [3.63, 3.8) is 0 Å². The summed E-state index contributed by atoms with van der Waals surface area (Å²) in [5, 5.41) is 1.33. The van der Waals surface area contributed by atoms with Crippen molar-refractivity contribution in [3.8, 4) is 0 Å². The van der Waals surface area contributed by atoms with Gasteiger partial charge in [-0.25, -0.2) is 0 Å². The molecular formula is C17H14ClNO2. The molecular weight excluding hydrogens is 286 g/mol. The largest absolute Gasteiger partial charge is 0.451 e. The van der Waals surface area contributed by atoms with Crippen LogP contribution in [0.2, 0.25) is 5.02 Å². The average Bonchev–Trinajstić information content (AvgIpc) is 2.93. The van der Waals surface area contributed by atoms with Gasteiger partial charge in [-0.15, -0.1) is 0 Å². The molecule has 0 bridgehead atoms. The molecule has 0 spiro atoms. The SMILES string of the molecule is NCCc1ccc(C(=O)c2cc3cccc(Cl)c3o2)cc1. The normalized spacial score (nSPS) is 11.0. The fraction of sp³-hybridized carbons (Fsp3) is 0.118. The number of furan rings is 1. The molecule has 0 radical (unpaired) electrons. The molecule has 2 aromatic carbocycles. The van der Waals surface area contributed by atoms with Crippen LogP contribution >= 0.6 is 11.6 Å². The second kappa shape index (κ2) is 5.72. The maximum Gasteiger partial charge on any atom is 0.228 e. The van der Waals surface area contributed by atoms with Crippen molar-refractivity contribution in [2.24, 2.45) is 5.73 Å². The number of fused-ring (bicyclic) bond motifs is 1. The molecule has 3 aromatic rings. The highest BCUT2D eigenvalue weighted by molar-refractivity contribution is 6.35. The lowest BCUT2D eigenvalue weighted by Gasteiger charge is -2.01. The Kier molecular flexibility index (Phi) is 3.78. The third kappa shape index (κ3) is 2.71. The Hall–Kier alpha value is -2.10. The Morgan fingerprint density at radius 1 is 1.14 bits per heavy atom. The number of halogens is 1. The van der Waals surface area contributed by atoms with Crippen LogP contribution in [-0.4, -0.2) is 12.3 Å². The van der Waals surface area contributed by atoms with Crippen LogP contribution in [0.1, 0.15) is 21.7 Å². The highest BCUT2D eigenvalue weighted by Crippen LogP contribution is 2.27. The fourth-order valence-corrected chi connectivity index (χ4v) is 2.49. The molecule has 0 saturated heterocycles. The van der Waals surface area contributed by atoms with Gasteiger partial charge in [0.15, 0.2) is 11.3 Å². The maximum atomic E-state index is 12.4. The van der Waals surface area contributed by atoms with E-state index in [-0.39, 0.29) is 5.78 Å².